The van der Waals surface area contributed by atoms with Crippen molar-refractivity contribution in [3.8, 4) is 0 Å². The summed E-state index contributed by atoms with van der Waals surface area (Å²) in [7, 11) is 0.0763. The molecule has 0 spiro atoms. The average Bonchev–Trinajstić information content (AvgIpc) is 2.42. The number of anilines is 2. The van der Waals surface area contributed by atoms with Crippen LogP contribution in [0.2, 0.25) is 5.02 Å². The topological polar surface area (TPSA) is 75.2 Å². The number of rotatable bonds is 5. The van der Waals surface area contributed by atoms with E-state index in [2.05, 4.69) is 14.7 Å². The third-order valence-corrected chi connectivity index (χ3v) is 4.63. The summed E-state index contributed by atoms with van der Waals surface area (Å²) in [5, 5.41) is 0.503. The average molecular weight is 355 g/mol. The number of aromatic nitrogens is 2. The molecule has 0 saturated heterocycles. The molecule has 0 unspecified atom stereocenters. The van der Waals surface area contributed by atoms with Crippen molar-refractivity contribution in [1.29, 1.82) is 0 Å². The maximum absolute atomic E-state index is 12.4. The molecule has 2 aromatic rings. The number of benzene rings is 1. The molecule has 2 rings (SSSR count). The van der Waals surface area contributed by atoms with Crippen molar-refractivity contribution in [1.82, 2.24) is 9.97 Å². The molecule has 0 radical (unpaired) electrons. The van der Waals surface area contributed by atoms with Gasteiger partial charge >= 0.3 is 0 Å². The lowest BCUT2D eigenvalue weighted by molar-refractivity contribution is 0.600. The van der Waals surface area contributed by atoms with E-state index in [1.807, 2.05) is 14.1 Å². The molecule has 1 aromatic carbocycles. The number of halogens is 1. The second-order valence-electron chi connectivity index (χ2n) is 5.45. The van der Waals surface area contributed by atoms with Gasteiger partial charge in [0.25, 0.3) is 0 Å². The van der Waals surface area contributed by atoms with Crippen LogP contribution in [-0.2, 0) is 15.8 Å². The van der Waals surface area contributed by atoms with Gasteiger partial charge in [0.1, 0.15) is 0 Å². The van der Waals surface area contributed by atoms with Crippen molar-refractivity contribution in [2.45, 2.75) is 19.6 Å². The number of nitrogens with zero attached hydrogens (tertiary/aromatic N) is 3. The first-order valence-electron chi connectivity index (χ1n) is 6.95. The minimum Gasteiger partial charge on any atom is -0.347 e. The molecule has 0 amide bonds. The molecule has 6 nitrogen and oxygen atoms in total. The highest BCUT2D eigenvalue weighted by Gasteiger charge is 2.17. The maximum atomic E-state index is 12.4. The Bertz CT molecular complexity index is 799. The SMILES string of the molecule is Cc1nc(N(C)C)nc(C)c1NS(=O)(=O)Cc1cccc(Cl)c1. The van der Waals surface area contributed by atoms with Crippen LogP contribution in [-0.4, -0.2) is 32.5 Å². The normalized spacial score (nSPS) is 11.3. The molecule has 124 valence electrons. The van der Waals surface area contributed by atoms with Gasteiger partial charge in [-0.15, -0.1) is 0 Å². The lowest BCUT2D eigenvalue weighted by Gasteiger charge is -2.16. The molecule has 1 aromatic heterocycles. The van der Waals surface area contributed by atoms with Crippen molar-refractivity contribution in [2.75, 3.05) is 23.7 Å². The first-order valence-corrected chi connectivity index (χ1v) is 8.98. The van der Waals surface area contributed by atoms with Crippen LogP contribution in [0.15, 0.2) is 24.3 Å². The van der Waals surface area contributed by atoms with Crippen molar-refractivity contribution in [3.05, 3.63) is 46.2 Å². The van der Waals surface area contributed by atoms with Crippen LogP contribution in [0.5, 0.6) is 0 Å². The van der Waals surface area contributed by atoms with Gasteiger partial charge in [0.15, 0.2) is 0 Å². The number of hydrogen-bond acceptors (Lipinski definition) is 5. The highest BCUT2D eigenvalue weighted by Crippen LogP contribution is 2.22. The van der Waals surface area contributed by atoms with Crippen LogP contribution in [0.25, 0.3) is 0 Å². The van der Waals surface area contributed by atoms with Gasteiger partial charge in [-0.3, -0.25) is 4.72 Å². The second kappa shape index (κ2) is 6.72. The predicted octanol–water partition coefficient (Wildman–Crippen LogP) is 2.75. The number of hydrogen-bond donors (Lipinski definition) is 1. The molecule has 0 atom stereocenters. The molecule has 0 aliphatic rings. The van der Waals surface area contributed by atoms with Crippen molar-refractivity contribution < 1.29 is 8.42 Å². The molecule has 0 aliphatic heterocycles. The molecular formula is C15H19ClN4O2S. The van der Waals surface area contributed by atoms with E-state index in [0.29, 0.717) is 33.6 Å². The van der Waals surface area contributed by atoms with Crippen LogP contribution in [0.1, 0.15) is 17.0 Å². The quantitative estimate of drug-likeness (QED) is 0.893. The lowest BCUT2D eigenvalue weighted by atomic mass is 10.2. The van der Waals surface area contributed by atoms with Crippen molar-refractivity contribution in [3.63, 3.8) is 0 Å². The van der Waals surface area contributed by atoms with E-state index < -0.39 is 10.0 Å². The van der Waals surface area contributed by atoms with Gasteiger partial charge in [0, 0.05) is 19.1 Å². The third kappa shape index (κ3) is 4.56. The standard InChI is InChI=1S/C15H19ClN4O2S/c1-10-14(11(2)18-15(17-10)20(3)4)19-23(21,22)9-12-6-5-7-13(16)8-12/h5-8,19H,9H2,1-4H3. The summed E-state index contributed by atoms with van der Waals surface area (Å²) < 4.78 is 27.3. The van der Waals surface area contributed by atoms with Crippen LogP contribution in [0, 0.1) is 13.8 Å². The van der Waals surface area contributed by atoms with Gasteiger partial charge in [-0.2, -0.15) is 0 Å². The van der Waals surface area contributed by atoms with Gasteiger partial charge in [0.2, 0.25) is 16.0 Å². The molecule has 0 fully saturated rings. The smallest absolute Gasteiger partial charge is 0.237 e. The summed E-state index contributed by atoms with van der Waals surface area (Å²) in [4.78, 5) is 10.4. The Labute approximate surface area is 141 Å². The highest BCUT2D eigenvalue weighted by molar-refractivity contribution is 7.91. The van der Waals surface area contributed by atoms with E-state index >= 15 is 0 Å². The van der Waals surface area contributed by atoms with E-state index in [0.717, 1.165) is 0 Å². The van der Waals surface area contributed by atoms with Crippen LogP contribution in [0.3, 0.4) is 0 Å². The fraction of sp³-hybridized carbons (Fsp3) is 0.333. The van der Waals surface area contributed by atoms with Gasteiger partial charge < -0.3 is 4.90 Å². The van der Waals surface area contributed by atoms with Crippen LogP contribution in [0.4, 0.5) is 11.6 Å². The first-order chi connectivity index (χ1) is 10.7. The van der Waals surface area contributed by atoms with E-state index in [1.54, 1.807) is 43.0 Å². The number of nitrogens with one attached hydrogen (secondary N) is 1. The summed E-state index contributed by atoms with van der Waals surface area (Å²) in [6, 6.07) is 6.77. The Morgan fingerprint density at radius 2 is 1.78 bits per heavy atom. The maximum Gasteiger partial charge on any atom is 0.237 e. The molecule has 0 bridgehead atoms. The van der Waals surface area contributed by atoms with Gasteiger partial charge in [-0.05, 0) is 31.5 Å². The van der Waals surface area contributed by atoms with E-state index in [1.165, 1.54) is 0 Å². The first kappa shape index (κ1) is 17.5. The molecule has 1 N–H and O–H groups in total. The summed E-state index contributed by atoms with van der Waals surface area (Å²) in [5.41, 5.74) is 2.19. The minimum atomic E-state index is -3.58. The Kier molecular flexibility index (Phi) is 5.11. The molecular weight excluding hydrogens is 336 g/mol. The van der Waals surface area contributed by atoms with E-state index in [9.17, 15) is 8.42 Å². The predicted molar refractivity (Wildman–Crippen MR) is 93.5 cm³/mol. The summed E-state index contributed by atoms with van der Waals surface area (Å²) >= 11 is 5.89. The zero-order chi connectivity index (χ0) is 17.2. The number of sulfonamides is 1. The lowest BCUT2D eigenvalue weighted by Crippen LogP contribution is -2.19. The van der Waals surface area contributed by atoms with Crippen molar-refractivity contribution in [2.24, 2.45) is 0 Å². The molecule has 8 heteroatoms. The second-order valence-corrected chi connectivity index (χ2v) is 7.61. The summed E-state index contributed by atoms with van der Waals surface area (Å²) in [6.45, 7) is 3.50. The molecule has 23 heavy (non-hydrogen) atoms. The Morgan fingerprint density at radius 3 is 2.30 bits per heavy atom. The zero-order valence-corrected chi connectivity index (χ0v) is 15.0. The largest absolute Gasteiger partial charge is 0.347 e. The summed E-state index contributed by atoms with van der Waals surface area (Å²) in [5.74, 6) is 0.375. The minimum absolute atomic E-state index is 0.165. The Morgan fingerprint density at radius 1 is 1.17 bits per heavy atom. The van der Waals surface area contributed by atoms with Crippen LogP contribution < -0.4 is 9.62 Å². The van der Waals surface area contributed by atoms with Crippen LogP contribution >= 0.6 is 11.6 Å². The fourth-order valence-corrected chi connectivity index (χ4v) is 3.59. The molecule has 0 saturated carbocycles. The Hall–Kier alpha value is -1.86. The summed E-state index contributed by atoms with van der Waals surface area (Å²) in [6.07, 6.45) is 0. The van der Waals surface area contributed by atoms with E-state index in [-0.39, 0.29) is 5.75 Å². The fourth-order valence-electron chi connectivity index (χ4n) is 2.08. The van der Waals surface area contributed by atoms with Gasteiger partial charge in [-0.25, -0.2) is 18.4 Å². The monoisotopic (exact) mass is 354 g/mol. The van der Waals surface area contributed by atoms with Gasteiger partial charge in [0.05, 0.1) is 22.8 Å². The van der Waals surface area contributed by atoms with Gasteiger partial charge in [-0.1, -0.05) is 23.7 Å². The van der Waals surface area contributed by atoms with Crippen molar-refractivity contribution >= 4 is 33.3 Å². The number of aryl methyl sites for hydroxylation is 2. The zero-order valence-electron chi connectivity index (χ0n) is 13.5. The highest BCUT2D eigenvalue weighted by atomic mass is 35.5. The Balaban J connectivity index is 2.27. The third-order valence-electron chi connectivity index (χ3n) is 3.16. The van der Waals surface area contributed by atoms with E-state index in [4.69, 9.17) is 11.6 Å². The molecule has 0 aliphatic carbocycles. The molecule has 1 heterocycles.